The summed E-state index contributed by atoms with van der Waals surface area (Å²) in [6.07, 6.45) is 0. The Labute approximate surface area is 193 Å². The number of amides is 1. The maximum atomic E-state index is 12.6. The van der Waals surface area contributed by atoms with Crippen LogP contribution >= 0.6 is 11.8 Å². The van der Waals surface area contributed by atoms with Crippen LogP contribution in [0.2, 0.25) is 0 Å². The van der Waals surface area contributed by atoms with E-state index in [0.29, 0.717) is 11.0 Å². The normalized spacial score (nSPS) is 12.4. The van der Waals surface area contributed by atoms with E-state index in [-0.39, 0.29) is 29.7 Å². The molecule has 3 aromatic rings. The lowest BCUT2D eigenvalue weighted by Crippen LogP contribution is -2.31. The first-order chi connectivity index (χ1) is 15.2. The molecule has 2 N–H and O–H groups in total. The van der Waals surface area contributed by atoms with Crippen molar-refractivity contribution >= 4 is 17.7 Å². The fourth-order valence-electron chi connectivity index (χ4n) is 3.10. The van der Waals surface area contributed by atoms with Crippen LogP contribution in [0.5, 0.6) is 5.75 Å². The lowest BCUT2D eigenvalue weighted by Gasteiger charge is -2.25. The van der Waals surface area contributed by atoms with E-state index in [4.69, 9.17) is 10.6 Å². The molecule has 0 aliphatic carbocycles. The fraction of sp³-hybridized carbons (Fsp3) is 0.375. The molecule has 1 amide bonds. The average Bonchev–Trinajstić information content (AvgIpc) is 3.14. The van der Waals surface area contributed by atoms with E-state index in [9.17, 15) is 4.79 Å². The predicted molar refractivity (Wildman–Crippen MR) is 128 cm³/mol. The monoisotopic (exact) mass is 453 g/mol. The molecule has 0 spiro atoms. The van der Waals surface area contributed by atoms with Crippen molar-refractivity contribution < 1.29 is 9.53 Å². The highest BCUT2D eigenvalue weighted by molar-refractivity contribution is 7.99. The van der Waals surface area contributed by atoms with Gasteiger partial charge >= 0.3 is 0 Å². The molecule has 0 aliphatic heterocycles. The summed E-state index contributed by atoms with van der Waals surface area (Å²) < 4.78 is 7.19. The van der Waals surface area contributed by atoms with Crippen LogP contribution in [0.25, 0.3) is 0 Å². The van der Waals surface area contributed by atoms with Crippen molar-refractivity contribution in [1.29, 1.82) is 0 Å². The lowest BCUT2D eigenvalue weighted by molar-refractivity contribution is -0.128. The zero-order chi connectivity index (χ0) is 23.3. The largest absolute Gasteiger partial charge is 0.486 e. The number of hydrogen-bond acceptors (Lipinski definition) is 6. The zero-order valence-electron chi connectivity index (χ0n) is 19.3. The summed E-state index contributed by atoms with van der Waals surface area (Å²) in [5.74, 6) is 7.57. The zero-order valence-corrected chi connectivity index (χ0v) is 20.1. The first kappa shape index (κ1) is 23.7. The molecule has 170 valence electrons. The average molecular weight is 454 g/mol. The van der Waals surface area contributed by atoms with Gasteiger partial charge in [-0.1, -0.05) is 75.0 Å². The van der Waals surface area contributed by atoms with Crippen molar-refractivity contribution in [3.63, 3.8) is 0 Å². The van der Waals surface area contributed by atoms with Gasteiger partial charge in [0.15, 0.2) is 5.82 Å². The second-order valence-electron chi connectivity index (χ2n) is 8.71. The molecule has 32 heavy (non-hydrogen) atoms. The van der Waals surface area contributed by atoms with Gasteiger partial charge in [0.2, 0.25) is 11.1 Å². The number of ether oxygens (including phenoxy) is 1. The Morgan fingerprint density at radius 1 is 1.12 bits per heavy atom. The first-order valence-electron chi connectivity index (χ1n) is 10.5. The van der Waals surface area contributed by atoms with E-state index in [1.54, 1.807) is 11.9 Å². The number of nitrogens with two attached hydrogens (primary N) is 1. The minimum atomic E-state index is -0.0197. The fourth-order valence-corrected chi connectivity index (χ4v) is 3.90. The minimum Gasteiger partial charge on any atom is -0.486 e. The molecular weight excluding hydrogens is 422 g/mol. The predicted octanol–water partition coefficient (Wildman–Crippen LogP) is 4.18. The summed E-state index contributed by atoms with van der Waals surface area (Å²) in [4.78, 5) is 14.4. The van der Waals surface area contributed by atoms with Gasteiger partial charge in [-0.2, -0.15) is 0 Å². The molecule has 0 saturated carbocycles. The number of nitrogen functional groups attached to an aromatic ring is 1. The van der Waals surface area contributed by atoms with Crippen LogP contribution in [0.4, 0.5) is 0 Å². The summed E-state index contributed by atoms with van der Waals surface area (Å²) in [6.45, 7) is 8.71. The van der Waals surface area contributed by atoms with E-state index in [1.807, 2.05) is 49.4 Å². The first-order valence-corrected chi connectivity index (χ1v) is 11.5. The summed E-state index contributed by atoms with van der Waals surface area (Å²) in [5.41, 5.74) is 2.42. The number of nitrogens with zero attached hydrogens (tertiary/aromatic N) is 4. The Hall–Kier alpha value is -3.00. The van der Waals surface area contributed by atoms with Crippen molar-refractivity contribution in [1.82, 2.24) is 19.8 Å². The molecule has 3 rings (SSSR count). The second-order valence-corrected chi connectivity index (χ2v) is 9.65. The third-order valence-electron chi connectivity index (χ3n) is 5.40. The number of aromatic nitrogens is 3. The van der Waals surface area contributed by atoms with Gasteiger partial charge in [-0.15, -0.1) is 10.2 Å². The number of rotatable bonds is 8. The van der Waals surface area contributed by atoms with Crippen LogP contribution in [-0.4, -0.2) is 38.5 Å². The standard InChI is InChI=1S/C24H31N5O2S/c1-17(18-9-7-6-8-10-18)28(5)22(30)16-32-23-27-26-21(29(23)25)15-31-20-13-11-19(12-14-20)24(2,3)4/h6-14,17H,15-16,25H2,1-5H3. The lowest BCUT2D eigenvalue weighted by atomic mass is 9.87. The van der Waals surface area contributed by atoms with Crippen LogP contribution in [0.1, 0.15) is 50.7 Å². The summed E-state index contributed by atoms with van der Waals surface area (Å²) in [7, 11) is 1.80. The summed E-state index contributed by atoms with van der Waals surface area (Å²) >= 11 is 1.26. The van der Waals surface area contributed by atoms with E-state index >= 15 is 0 Å². The van der Waals surface area contributed by atoms with Gasteiger partial charge in [0, 0.05) is 7.05 Å². The Morgan fingerprint density at radius 3 is 2.41 bits per heavy atom. The molecule has 0 aliphatic rings. The highest BCUT2D eigenvalue weighted by atomic mass is 32.2. The molecule has 1 aromatic heterocycles. The number of benzene rings is 2. The van der Waals surface area contributed by atoms with Crippen LogP contribution in [-0.2, 0) is 16.8 Å². The van der Waals surface area contributed by atoms with E-state index in [2.05, 4.69) is 43.1 Å². The molecule has 0 fully saturated rings. The van der Waals surface area contributed by atoms with Gasteiger partial charge in [0.1, 0.15) is 12.4 Å². The molecule has 8 heteroatoms. The number of hydrogen-bond donors (Lipinski definition) is 1. The second kappa shape index (κ2) is 10.1. The van der Waals surface area contributed by atoms with Crippen LogP contribution in [0, 0.1) is 0 Å². The van der Waals surface area contributed by atoms with Crippen LogP contribution < -0.4 is 10.6 Å². The minimum absolute atomic E-state index is 0.00825. The van der Waals surface area contributed by atoms with Gasteiger partial charge in [-0.3, -0.25) is 4.79 Å². The van der Waals surface area contributed by atoms with Crippen molar-refractivity contribution in [2.24, 2.45) is 0 Å². The van der Waals surface area contributed by atoms with Crippen molar-refractivity contribution in [2.75, 3.05) is 18.6 Å². The Kier molecular flexibility index (Phi) is 7.45. The maximum Gasteiger partial charge on any atom is 0.233 e. The van der Waals surface area contributed by atoms with Crippen LogP contribution in [0.3, 0.4) is 0 Å². The Morgan fingerprint density at radius 2 is 1.78 bits per heavy atom. The molecule has 0 saturated heterocycles. The molecule has 7 nitrogen and oxygen atoms in total. The molecular formula is C24H31N5O2S. The van der Waals surface area contributed by atoms with Gasteiger partial charge in [0.25, 0.3) is 0 Å². The highest BCUT2D eigenvalue weighted by Gasteiger charge is 2.19. The Balaban J connectivity index is 1.54. The summed E-state index contributed by atoms with van der Waals surface area (Å²) in [6, 6.07) is 17.9. The smallest absolute Gasteiger partial charge is 0.233 e. The molecule has 2 aromatic carbocycles. The van der Waals surface area contributed by atoms with Crippen molar-refractivity contribution in [3.05, 3.63) is 71.5 Å². The van der Waals surface area contributed by atoms with E-state index in [1.165, 1.54) is 22.0 Å². The Bertz CT molecular complexity index is 1030. The third kappa shape index (κ3) is 5.82. The molecule has 0 radical (unpaired) electrons. The van der Waals surface area contributed by atoms with Crippen molar-refractivity contribution in [2.45, 2.75) is 50.9 Å². The maximum absolute atomic E-state index is 12.6. The van der Waals surface area contributed by atoms with Gasteiger partial charge in [-0.25, -0.2) is 4.68 Å². The number of carbonyl (C=O) groups excluding carboxylic acids is 1. The SMILES string of the molecule is CC(c1ccccc1)N(C)C(=O)CSc1nnc(COc2ccc(C(C)(C)C)cc2)n1N. The highest BCUT2D eigenvalue weighted by Crippen LogP contribution is 2.25. The van der Waals surface area contributed by atoms with E-state index < -0.39 is 0 Å². The topological polar surface area (TPSA) is 86.3 Å². The third-order valence-corrected chi connectivity index (χ3v) is 6.33. The van der Waals surface area contributed by atoms with Gasteiger partial charge < -0.3 is 15.5 Å². The molecule has 1 heterocycles. The number of carbonyl (C=O) groups is 1. The van der Waals surface area contributed by atoms with Crippen LogP contribution in [0.15, 0.2) is 59.8 Å². The molecule has 1 atom stereocenters. The van der Waals surface area contributed by atoms with Gasteiger partial charge in [-0.05, 0) is 35.6 Å². The van der Waals surface area contributed by atoms with Gasteiger partial charge in [0.05, 0.1) is 11.8 Å². The van der Waals surface area contributed by atoms with Crippen molar-refractivity contribution in [3.8, 4) is 5.75 Å². The van der Waals surface area contributed by atoms with E-state index in [0.717, 1.165) is 11.3 Å². The number of thioether (sulfide) groups is 1. The summed E-state index contributed by atoms with van der Waals surface area (Å²) in [5, 5.41) is 8.69. The molecule has 1 unspecified atom stereocenters. The molecule has 0 bridgehead atoms. The quantitative estimate of drug-likeness (QED) is 0.407.